The summed E-state index contributed by atoms with van der Waals surface area (Å²) in [5.74, 6) is -0.109. The van der Waals surface area contributed by atoms with E-state index in [2.05, 4.69) is 6.92 Å². The van der Waals surface area contributed by atoms with E-state index < -0.39 is 10.0 Å². The van der Waals surface area contributed by atoms with Crippen LogP contribution >= 0.6 is 0 Å². The van der Waals surface area contributed by atoms with Crippen molar-refractivity contribution in [3.8, 4) is 0 Å². The molecule has 1 amide bonds. The number of sulfonamides is 1. The normalized spacial score (nSPS) is 19.9. The Balaban J connectivity index is 2.29. The second-order valence-corrected chi connectivity index (χ2v) is 6.69. The number of rotatable bonds is 3. The van der Waals surface area contributed by atoms with E-state index >= 15 is 0 Å². The summed E-state index contributed by atoms with van der Waals surface area (Å²) in [5, 5.41) is 5.11. The molecule has 110 valence electrons. The highest BCUT2D eigenvalue weighted by molar-refractivity contribution is 7.89. The van der Waals surface area contributed by atoms with Gasteiger partial charge in [0.05, 0.1) is 4.90 Å². The van der Waals surface area contributed by atoms with Gasteiger partial charge >= 0.3 is 0 Å². The maximum absolute atomic E-state index is 12.5. The van der Waals surface area contributed by atoms with Gasteiger partial charge in [0, 0.05) is 18.2 Å². The molecule has 1 saturated heterocycles. The molecule has 5 nitrogen and oxygen atoms in total. The van der Waals surface area contributed by atoms with Crippen molar-refractivity contribution in [3.05, 3.63) is 29.8 Å². The Morgan fingerprint density at radius 3 is 2.80 bits per heavy atom. The van der Waals surface area contributed by atoms with Crippen LogP contribution in [0.1, 0.15) is 43.0 Å². The van der Waals surface area contributed by atoms with Crippen molar-refractivity contribution in [1.82, 2.24) is 4.90 Å². The zero-order valence-corrected chi connectivity index (χ0v) is 12.4. The van der Waals surface area contributed by atoms with Gasteiger partial charge in [-0.25, -0.2) is 13.6 Å². The van der Waals surface area contributed by atoms with E-state index in [-0.39, 0.29) is 16.8 Å². The molecule has 1 fully saturated rings. The first-order chi connectivity index (χ1) is 9.43. The lowest BCUT2D eigenvalue weighted by molar-refractivity contribution is 0.0608. The van der Waals surface area contributed by atoms with Crippen LogP contribution in [0, 0.1) is 0 Å². The fourth-order valence-electron chi connectivity index (χ4n) is 2.66. The van der Waals surface area contributed by atoms with E-state index in [4.69, 9.17) is 5.14 Å². The molecule has 0 aromatic heterocycles. The summed E-state index contributed by atoms with van der Waals surface area (Å²) in [4.78, 5) is 14.4. The van der Waals surface area contributed by atoms with Gasteiger partial charge < -0.3 is 4.90 Å². The Kier molecular flexibility index (Phi) is 4.45. The predicted octanol–water partition coefficient (Wildman–Crippen LogP) is 1.74. The maximum Gasteiger partial charge on any atom is 0.254 e. The number of amides is 1. The highest BCUT2D eigenvalue weighted by Gasteiger charge is 2.26. The van der Waals surface area contributed by atoms with Crippen molar-refractivity contribution in [1.29, 1.82) is 0 Å². The van der Waals surface area contributed by atoms with Crippen molar-refractivity contribution in [2.75, 3.05) is 6.54 Å². The van der Waals surface area contributed by atoms with Crippen LogP contribution in [0.2, 0.25) is 0 Å². The summed E-state index contributed by atoms with van der Waals surface area (Å²) in [5.41, 5.74) is 0.386. The van der Waals surface area contributed by atoms with E-state index in [0.29, 0.717) is 5.56 Å². The molecule has 1 aliphatic rings. The predicted molar refractivity (Wildman–Crippen MR) is 76.8 cm³/mol. The standard InChI is InChI=1S/C14H20N2O3S/c1-2-12-7-3-4-9-16(12)14(17)11-6-5-8-13(10-11)20(15,18)19/h5-6,8,10,12H,2-4,7,9H2,1H3,(H2,15,18,19). The van der Waals surface area contributed by atoms with Gasteiger partial charge in [0.15, 0.2) is 0 Å². The quantitative estimate of drug-likeness (QED) is 0.922. The van der Waals surface area contributed by atoms with Gasteiger partial charge in [-0.2, -0.15) is 0 Å². The average molecular weight is 296 g/mol. The number of carbonyl (C=O) groups excluding carboxylic acids is 1. The molecule has 6 heteroatoms. The fraction of sp³-hybridized carbons (Fsp3) is 0.500. The Morgan fingerprint density at radius 1 is 1.40 bits per heavy atom. The summed E-state index contributed by atoms with van der Waals surface area (Å²) < 4.78 is 22.7. The van der Waals surface area contributed by atoms with Crippen LogP contribution in [-0.4, -0.2) is 31.8 Å². The van der Waals surface area contributed by atoms with E-state index in [1.165, 1.54) is 12.1 Å². The second-order valence-electron chi connectivity index (χ2n) is 5.13. The molecular formula is C14H20N2O3S. The van der Waals surface area contributed by atoms with E-state index in [1.807, 2.05) is 4.90 Å². The average Bonchev–Trinajstić information content (AvgIpc) is 2.45. The highest BCUT2D eigenvalue weighted by Crippen LogP contribution is 2.22. The SMILES string of the molecule is CCC1CCCCN1C(=O)c1cccc(S(N)(=O)=O)c1. The molecule has 0 aliphatic carbocycles. The molecular weight excluding hydrogens is 276 g/mol. The summed E-state index contributed by atoms with van der Waals surface area (Å²) in [7, 11) is -3.78. The molecule has 1 heterocycles. The molecule has 0 saturated carbocycles. The minimum atomic E-state index is -3.78. The molecule has 0 radical (unpaired) electrons. The first-order valence-electron chi connectivity index (χ1n) is 6.87. The summed E-state index contributed by atoms with van der Waals surface area (Å²) >= 11 is 0. The Labute approximate surface area is 119 Å². The number of carbonyl (C=O) groups is 1. The van der Waals surface area contributed by atoms with Crippen molar-refractivity contribution >= 4 is 15.9 Å². The van der Waals surface area contributed by atoms with Crippen LogP contribution in [0.25, 0.3) is 0 Å². The molecule has 1 unspecified atom stereocenters. The lowest BCUT2D eigenvalue weighted by Crippen LogP contribution is -2.43. The summed E-state index contributed by atoms with van der Waals surface area (Å²) in [6.45, 7) is 2.80. The summed E-state index contributed by atoms with van der Waals surface area (Å²) in [6.07, 6.45) is 4.06. The minimum absolute atomic E-state index is 0.0200. The van der Waals surface area contributed by atoms with Crippen LogP contribution in [-0.2, 0) is 10.0 Å². The smallest absolute Gasteiger partial charge is 0.254 e. The third kappa shape index (κ3) is 3.19. The lowest BCUT2D eigenvalue weighted by Gasteiger charge is -2.35. The number of likely N-dealkylation sites (tertiary alicyclic amines) is 1. The number of benzene rings is 1. The zero-order chi connectivity index (χ0) is 14.8. The zero-order valence-electron chi connectivity index (χ0n) is 11.6. The second kappa shape index (κ2) is 5.93. The topological polar surface area (TPSA) is 80.5 Å². The van der Waals surface area contributed by atoms with Crippen LogP contribution in [0.3, 0.4) is 0 Å². The highest BCUT2D eigenvalue weighted by atomic mass is 32.2. The molecule has 20 heavy (non-hydrogen) atoms. The molecule has 0 bridgehead atoms. The molecule has 1 aliphatic heterocycles. The van der Waals surface area contributed by atoms with Crippen LogP contribution in [0.4, 0.5) is 0 Å². The van der Waals surface area contributed by atoms with Gasteiger partial charge in [-0.15, -0.1) is 0 Å². The third-order valence-electron chi connectivity index (χ3n) is 3.77. The van der Waals surface area contributed by atoms with Gasteiger partial charge in [-0.1, -0.05) is 13.0 Å². The Hall–Kier alpha value is -1.40. The van der Waals surface area contributed by atoms with Crippen LogP contribution in [0.15, 0.2) is 29.2 Å². The molecule has 2 rings (SSSR count). The van der Waals surface area contributed by atoms with Gasteiger partial charge in [0.25, 0.3) is 5.91 Å². The van der Waals surface area contributed by atoms with E-state index in [0.717, 1.165) is 32.2 Å². The Bertz CT molecular complexity index is 598. The monoisotopic (exact) mass is 296 g/mol. The number of nitrogens with zero attached hydrogens (tertiary/aromatic N) is 1. The Morgan fingerprint density at radius 2 is 2.15 bits per heavy atom. The summed E-state index contributed by atoms with van der Waals surface area (Å²) in [6, 6.07) is 6.20. The molecule has 1 atom stereocenters. The van der Waals surface area contributed by atoms with Gasteiger partial charge in [0.2, 0.25) is 10.0 Å². The number of nitrogens with two attached hydrogens (primary N) is 1. The third-order valence-corrected chi connectivity index (χ3v) is 4.68. The number of piperidine rings is 1. The number of hydrogen-bond acceptors (Lipinski definition) is 3. The molecule has 2 N–H and O–H groups in total. The number of primary sulfonamides is 1. The van der Waals surface area contributed by atoms with Crippen LogP contribution in [0.5, 0.6) is 0 Å². The lowest BCUT2D eigenvalue weighted by atomic mass is 9.99. The van der Waals surface area contributed by atoms with Gasteiger partial charge in [-0.05, 0) is 43.9 Å². The first kappa shape index (κ1) is 15.0. The molecule has 1 aromatic carbocycles. The molecule has 0 spiro atoms. The van der Waals surface area contributed by atoms with Gasteiger partial charge in [-0.3, -0.25) is 4.79 Å². The van der Waals surface area contributed by atoms with E-state index in [1.54, 1.807) is 12.1 Å². The number of hydrogen-bond donors (Lipinski definition) is 1. The first-order valence-corrected chi connectivity index (χ1v) is 8.42. The largest absolute Gasteiger partial charge is 0.336 e. The van der Waals surface area contributed by atoms with Crippen molar-refractivity contribution in [2.45, 2.75) is 43.5 Å². The van der Waals surface area contributed by atoms with Gasteiger partial charge in [0.1, 0.15) is 0 Å². The maximum atomic E-state index is 12.5. The molecule has 1 aromatic rings. The van der Waals surface area contributed by atoms with Crippen LogP contribution < -0.4 is 5.14 Å². The van der Waals surface area contributed by atoms with E-state index in [9.17, 15) is 13.2 Å². The van der Waals surface area contributed by atoms with Crippen molar-refractivity contribution in [2.24, 2.45) is 5.14 Å². The fourth-order valence-corrected chi connectivity index (χ4v) is 3.22. The van der Waals surface area contributed by atoms with Crippen molar-refractivity contribution < 1.29 is 13.2 Å². The minimum Gasteiger partial charge on any atom is -0.336 e. The van der Waals surface area contributed by atoms with Crippen molar-refractivity contribution in [3.63, 3.8) is 0 Å².